The van der Waals surface area contributed by atoms with Crippen LogP contribution in [0.1, 0.15) is 51.3 Å². The van der Waals surface area contributed by atoms with Crippen LogP contribution in [-0.2, 0) is 15.8 Å². The molecule has 2 atom stereocenters. The molecule has 0 aliphatic carbocycles. The second-order valence-corrected chi connectivity index (χ2v) is 15.3. The molecule has 35 heavy (non-hydrogen) atoms. The van der Waals surface area contributed by atoms with Gasteiger partial charge in [-0.05, 0) is 67.0 Å². The highest BCUT2D eigenvalue weighted by molar-refractivity contribution is 6.74. The van der Waals surface area contributed by atoms with Gasteiger partial charge in [0.05, 0.1) is 24.7 Å². The summed E-state index contributed by atoms with van der Waals surface area (Å²) in [5.74, 6) is -0.0365. The van der Waals surface area contributed by atoms with Gasteiger partial charge in [0.15, 0.2) is 8.32 Å². The molecule has 0 spiro atoms. The molecule has 2 aromatic rings. The van der Waals surface area contributed by atoms with E-state index in [2.05, 4.69) is 39.2 Å². The third kappa shape index (κ3) is 8.49. The number of carbonyl (C=O) groups is 1. The Bertz CT molecular complexity index is 994. The minimum absolute atomic E-state index is 0.0581. The quantitative estimate of drug-likeness (QED) is 0.305. The number of methoxy groups -OCH3 is 1. The van der Waals surface area contributed by atoms with Gasteiger partial charge in [-0.15, -0.1) is 0 Å². The van der Waals surface area contributed by atoms with Gasteiger partial charge in [-0.3, -0.25) is 4.79 Å². The second kappa shape index (κ2) is 12.2. The zero-order chi connectivity index (χ0) is 26.4. The lowest BCUT2D eigenvalue weighted by molar-refractivity contribution is -0.138. The normalized spacial score (nSPS) is 13.9. The number of hydrogen-bond acceptors (Lipinski definition) is 5. The summed E-state index contributed by atoms with van der Waals surface area (Å²) in [5, 5.41) is 12.9. The van der Waals surface area contributed by atoms with Crippen LogP contribution < -0.4 is 14.8 Å². The largest absolute Gasteiger partial charge is 0.497 e. The van der Waals surface area contributed by atoms with Crippen molar-refractivity contribution in [2.75, 3.05) is 13.7 Å². The number of benzene rings is 2. The van der Waals surface area contributed by atoms with Crippen molar-refractivity contribution in [1.82, 2.24) is 5.32 Å². The fourth-order valence-electron chi connectivity index (χ4n) is 3.35. The number of halogens is 2. The first-order valence-electron chi connectivity index (χ1n) is 11.6. The van der Waals surface area contributed by atoms with Crippen molar-refractivity contribution in [3.63, 3.8) is 0 Å². The predicted octanol–water partition coefficient (Wildman–Crippen LogP) is 6.58. The molecule has 6 nitrogen and oxygen atoms in total. The van der Waals surface area contributed by atoms with Gasteiger partial charge < -0.3 is 24.3 Å². The van der Waals surface area contributed by atoms with E-state index in [-0.39, 0.29) is 29.1 Å². The number of nitrogens with one attached hydrogen (secondary N) is 1. The Morgan fingerprint density at radius 1 is 1.17 bits per heavy atom. The summed E-state index contributed by atoms with van der Waals surface area (Å²) in [4.78, 5) is 11.5. The number of ether oxygens (including phenoxy) is 2. The Balaban J connectivity index is 2.18. The minimum atomic E-state index is -2.19. The maximum Gasteiger partial charge on any atom is 0.305 e. The summed E-state index contributed by atoms with van der Waals surface area (Å²) in [7, 11) is -0.595. The molecule has 2 N–H and O–H groups in total. The van der Waals surface area contributed by atoms with E-state index >= 15 is 0 Å². The monoisotopic (exact) mass is 525 g/mol. The third-order valence-electron chi connectivity index (χ3n) is 6.43. The van der Waals surface area contributed by atoms with Crippen LogP contribution in [0.3, 0.4) is 0 Å². The van der Waals surface area contributed by atoms with E-state index in [0.717, 1.165) is 0 Å². The van der Waals surface area contributed by atoms with Crippen molar-refractivity contribution in [1.29, 1.82) is 0 Å². The molecule has 0 unspecified atom stereocenters. The average molecular weight is 526 g/mol. The smallest absolute Gasteiger partial charge is 0.305 e. The lowest BCUT2D eigenvalue weighted by Crippen LogP contribution is -2.47. The van der Waals surface area contributed by atoms with Crippen LogP contribution in [0.4, 0.5) is 4.39 Å². The average Bonchev–Trinajstić information content (AvgIpc) is 2.75. The molecule has 0 aliphatic heterocycles. The Morgan fingerprint density at radius 3 is 2.31 bits per heavy atom. The lowest BCUT2D eigenvalue weighted by atomic mass is 10.0. The van der Waals surface area contributed by atoms with Gasteiger partial charge in [-0.1, -0.05) is 32.4 Å². The Morgan fingerprint density at radius 2 is 1.77 bits per heavy atom. The number of rotatable bonds is 12. The van der Waals surface area contributed by atoms with Crippen LogP contribution in [-0.4, -0.2) is 39.2 Å². The topological polar surface area (TPSA) is 77.0 Å². The molecule has 0 saturated carbocycles. The molecule has 0 heterocycles. The second-order valence-electron chi connectivity index (χ2n) is 10.1. The summed E-state index contributed by atoms with van der Waals surface area (Å²) >= 11 is 6.40. The van der Waals surface area contributed by atoms with Crippen LogP contribution in [0.5, 0.6) is 11.5 Å². The molecule has 9 heteroatoms. The molecule has 2 aromatic carbocycles. The first-order chi connectivity index (χ1) is 16.2. The highest BCUT2D eigenvalue weighted by Gasteiger charge is 2.39. The number of carboxylic acid groups (broad SMARTS) is 1. The van der Waals surface area contributed by atoms with E-state index in [4.69, 9.17) is 25.5 Å². The lowest BCUT2D eigenvalue weighted by Gasteiger charge is -2.39. The summed E-state index contributed by atoms with van der Waals surface area (Å²) < 4.78 is 31.7. The van der Waals surface area contributed by atoms with Gasteiger partial charge >= 0.3 is 5.97 Å². The highest BCUT2D eigenvalue weighted by atomic mass is 35.5. The molecule has 0 amide bonds. The Hall–Kier alpha value is -2.13. The van der Waals surface area contributed by atoms with Crippen LogP contribution >= 0.6 is 11.6 Å². The van der Waals surface area contributed by atoms with E-state index < -0.39 is 26.2 Å². The molecule has 0 radical (unpaired) electrons. The van der Waals surface area contributed by atoms with Crippen molar-refractivity contribution in [3.8, 4) is 11.5 Å². The van der Waals surface area contributed by atoms with Crippen molar-refractivity contribution < 1.29 is 28.2 Å². The van der Waals surface area contributed by atoms with E-state index in [1.54, 1.807) is 31.4 Å². The first kappa shape index (κ1) is 29.1. The fourth-order valence-corrected chi connectivity index (χ4v) is 4.97. The standard InChI is InChI=1S/C26H37ClFNO5Si/c1-17(29-15-21(14-25(30)31)34-35(6,7)26(2,3)4)22-12-18(28)13-24(27)23(22)16-33-20-10-8-19(32-5)9-11-20/h8-13,17,21,29H,14-16H2,1-7H3,(H,30,31)/t17-,21-/m0/s1. The number of hydrogen-bond donors (Lipinski definition) is 2. The summed E-state index contributed by atoms with van der Waals surface area (Å²) in [6.07, 6.45) is -0.636. The van der Waals surface area contributed by atoms with E-state index in [9.17, 15) is 14.3 Å². The molecule has 194 valence electrons. The molecule has 0 saturated heterocycles. The molecule has 0 aromatic heterocycles. The summed E-state index contributed by atoms with van der Waals surface area (Å²) in [6.45, 7) is 12.8. The van der Waals surface area contributed by atoms with Crippen LogP contribution in [0.25, 0.3) is 0 Å². The van der Waals surface area contributed by atoms with E-state index in [1.807, 2.05) is 6.92 Å². The van der Waals surface area contributed by atoms with Gasteiger partial charge in [-0.25, -0.2) is 4.39 Å². The SMILES string of the molecule is COc1ccc(OCc2c(Cl)cc(F)cc2[C@H](C)NC[C@H](CC(=O)O)O[Si](C)(C)C(C)(C)C)cc1. The summed E-state index contributed by atoms with van der Waals surface area (Å²) in [6, 6.07) is 9.51. The van der Waals surface area contributed by atoms with Crippen LogP contribution in [0, 0.1) is 5.82 Å². The molecule has 2 rings (SSSR count). The van der Waals surface area contributed by atoms with Crippen molar-refractivity contribution in [2.24, 2.45) is 0 Å². The molecule has 0 fully saturated rings. The Labute approximate surface area is 213 Å². The van der Waals surface area contributed by atoms with Crippen molar-refractivity contribution in [3.05, 3.63) is 58.4 Å². The maximum absolute atomic E-state index is 14.3. The number of aliphatic carboxylic acids is 1. The van der Waals surface area contributed by atoms with Crippen molar-refractivity contribution >= 4 is 25.9 Å². The molecule has 0 bridgehead atoms. The van der Waals surface area contributed by atoms with Gasteiger partial charge in [-0.2, -0.15) is 0 Å². The summed E-state index contributed by atoms with van der Waals surface area (Å²) in [5.41, 5.74) is 1.30. The fraction of sp³-hybridized carbons (Fsp3) is 0.500. The highest BCUT2D eigenvalue weighted by Crippen LogP contribution is 2.37. The minimum Gasteiger partial charge on any atom is -0.497 e. The van der Waals surface area contributed by atoms with Gasteiger partial charge in [0, 0.05) is 18.2 Å². The molecule has 0 aliphatic rings. The van der Waals surface area contributed by atoms with E-state index in [1.165, 1.54) is 12.1 Å². The molecular weight excluding hydrogens is 489 g/mol. The zero-order valence-corrected chi connectivity index (χ0v) is 23.3. The maximum atomic E-state index is 14.3. The zero-order valence-electron chi connectivity index (χ0n) is 21.6. The van der Waals surface area contributed by atoms with Crippen LogP contribution in [0.15, 0.2) is 36.4 Å². The van der Waals surface area contributed by atoms with Gasteiger partial charge in [0.1, 0.15) is 23.9 Å². The molecular formula is C26H37ClFNO5Si. The predicted molar refractivity (Wildman–Crippen MR) is 139 cm³/mol. The number of carboxylic acids is 1. The first-order valence-corrected chi connectivity index (χ1v) is 14.9. The third-order valence-corrected chi connectivity index (χ3v) is 11.3. The van der Waals surface area contributed by atoms with Gasteiger partial charge in [0.25, 0.3) is 0 Å². The van der Waals surface area contributed by atoms with Crippen molar-refractivity contribution in [2.45, 2.75) is 71.0 Å². The Kier molecular flexibility index (Phi) is 10.2. The van der Waals surface area contributed by atoms with E-state index in [0.29, 0.717) is 29.2 Å². The van der Waals surface area contributed by atoms with Gasteiger partial charge in [0.2, 0.25) is 0 Å². The van der Waals surface area contributed by atoms with Crippen LogP contribution in [0.2, 0.25) is 23.2 Å².